The number of rotatable bonds is 9. The molecule has 3 N–H and O–H groups in total. The van der Waals surface area contributed by atoms with E-state index in [1.807, 2.05) is 0 Å². The van der Waals surface area contributed by atoms with Crippen molar-refractivity contribution >= 4 is 29.3 Å². The Balaban J connectivity index is 1.85. The molecule has 0 fully saturated rings. The molecule has 8 heteroatoms. The summed E-state index contributed by atoms with van der Waals surface area (Å²) in [6.45, 7) is 0.688. The molecule has 2 rings (SSSR count). The van der Waals surface area contributed by atoms with E-state index < -0.39 is 18.5 Å². The highest BCUT2D eigenvalue weighted by atomic mass is 16.6. The smallest absolute Gasteiger partial charge is 0.351 e. The monoisotopic (exact) mass is 396 g/mol. The molecule has 0 bridgehead atoms. The lowest BCUT2D eigenvalue weighted by atomic mass is 10.0. The van der Waals surface area contributed by atoms with Gasteiger partial charge in [0.1, 0.15) is 11.6 Å². The minimum atomic E-state index is -0.812. The van der Waals surface area contributed by atoms with E-state index in [0.29, 0.717) is 22.4 Å². The van der Waals surface area contributed by atoms with Crippen molar-refractivity contribution in [2.24, 2.45) is 5.73 Å². The number of ether oxygens (including phenoxy) is 2. The fourth-order valence-corrected chi connectivity index (χ4v) is 2.42. The van der Waals surface area contributed by atoms with E-state index in [-0.39, 0.29) is 30.2 Å². The summed E-state index contributed by atoms with van der Waals surface area (Å²) in [5, 5.41) is 7.34. The third-order valence-corrected chi connectivity index (χ3v) is 3.89. The van der Waals surface area contributed by atoms with Gasteiger partial charge in [-0.1, -0.05) is 24.3 Å². The highest BCUT2D eigenvalue weighted by Gasteiger charge is 2.12. The Hall–Kier alpha value is -3.81. The van der Waals surface area contributed by atoms with Gasteiger partial charge < -0.3 is 15.2 Å². The van der Waals surface area contributed by atoms with Gasteiger partial charge in [0.05, 0.1) is 0 Å². The second-order valence-electron chi connectivity index (χ2n) is 6.12. The molecule has 0 unspecified atom stereocenters. The molecule has 0 radical (unpaired) electrons. The first-order chi connectivity index (χ1) is 13.8. The van der Waals surface area contributed by atoms with Gasteiger partial charge in [0.15, 0.2) is 18.2 Å². The van der Waals surface area contributed by atoms with Gasteiger partial charge in [-0.3, -0.25) is 19.8 Å². The van der Waals surface area contributed by atoms with Gasteiger partial charge in [-0.25, -0.2) is 4.79 Å². The van der Waals surface area contributed by atoms with Crippen LogP contribution in [0, 0.1) is 5.41 Å². The first-order valence-corrected chi connectivity index (χ1v) is 8.71. The molecule has 0 saturated heterocycles. The van der Waals surface area contributed by atoms with E-state index in [0.717, 1.165) is 6.92 Å². The molecule has 0 aromatic heterocycles. The number of nitrogens with two attached hydrogens (primary N) is 1. The number of Topliss-reactive ketones (excluding diaryl/α,β-unsaturated/α-hetero) is 2. The van der Waals surface area contributed by atoms with Gasteiger partial charge >= 0.3 is 11.9 Å². The summed E-state index contributed by atoms with van der Waals surface area (Å²) >= 11 is 0. The van der Waals surface area contributed by atoms with Crippen LogP contribution in [0.3, 0.4) is 0 Å². The lowest BCUT2D eigenvalue weighted by Gasteiger charge is -2.06. The fourth-order valence-electron chi connectivity index (χ4n) is 2.42. The maximum absolute atomic E-state index is 12.3. The topological polar surface area (TPSA) is 137 Å². The minimum absolute atomic E-state index is 0.0401. The molecule has 2 aromatic rings. The Kier molecular flexibility index (Phi) is 7.36. The number of carbonyl (C=O) groups excluding carboxylic acids is 4. The van der Waals surface area contributed by atoms with E-state index in [2.05, 4.69) is 4.74 Å². The van der Waals surface area contributed by atoms with Crippen molar-refractivity contribution in [2.45, 2.75) is 19.8 Å². The fraction of sp³-hybridized carbons (Fsp3) is 0.190. The number of carbonyl (C=O) groups is 4. The third-order valence-electron chi connectivity index (χ3n) is 3.89. The Labute approximate surface area is 167 Å². The van der Waals surface area contributed by atoms with Crippen molar-refractivity contribution in [1.82, 2.24) is 0 Å². The number of hydrogen-bond acceptors (Lipinski definition) is 7. The average Bonchev–Trinajstić information content (AvgIpc) is 2.70. The third kappa shape index (κ3) is 6.69. The van der Waals surface area contributed by atoms with Crippen LogP contribution in [0.2, 0.25) is 0 Å². The standard InChI is InChI=1S/C21H20N2O6/c1-13(24)29-20(27)12-28-17-8-6-15(7-9-17)19(26)11-10-18(25)14-2-4-16(5-3-14)21(22)23/h2-9H,10-12H2,1H3,(H3,22,23). The predicted molar refractivity (Wildman–Crippen MR) is 104 cm³/mol. The highest BCUT2D eigenvalue weighted by molar-refractivity contribution is 6.03. The molecule has 29 heavy (non-hydrogen) atoms. The molecule has 0 atom stereocenters. The van der Waals surface area contributed by atoms with Crippen LogP contribution >= 0.6 is 0 Å². The van der Waals surface area contributed by atoms with E-state index >= 15 is 0 Å². The van der Waals surface area contributed by atoms with Crippen LogP contribution in [0.25, 0.3) is 0 Å². The van der Waals surface area contributed by atoms with Gasteiger partial charge in [0, 0.05) is 36.5 Å². The molecule has 8 nitrogen and oxygen atoms in total. The zero-order valence-corrected chi connectivity index (χ0v) is 15.8. The summed E-state index contributed by atoms with van der Waals surface area (Å²) in [6, 6.07) is 12.4. The maximum Gasteiger partial charge on any atom is 0.351 e. The second kappa shape index (κ2) is 9.93. The second-order valence-corrected chi connectivity index (χ2v) is 6.12. The summed E-state index contributed by atoms with van der Waals surface area (Å²) < 4.78 is 9.51. The lowest BCUT2D eigenvalue weighted by molar-refractivity contribution is -0.159. The van der Waals surface area contributed by atoms with Crippen molar-refractivity contribution in [3.8, 4) is 5.75 Å². The number of benzene rings is 2. The normalized spacial score (nSPS) is 10.1. The maximum atomic E-state index is 12.3. The number of nitrogen functional groups attached to an aromatic ring is 1. The first-order valence-electron chi connectivity index (χ1n) is 8.71. The highest BCUT2D eigenvalue weighted by Crippen LogP contribution is 2.15. The van der Waals surface area contributed by atoms with Gasteiger partial charge in [-0.15, -0.1) is 0 Å². The van der Waals surface area contributed by atoms with Gasteiger partial charge in [-0.2, -0.15) is 0 Å². The molecule has 0 heterocycles. The van der Waals surface area contributed by atoms with E-state index in [9.17, 15) is 19.2 Å². The average molecular weight is 396 g/mol. The quantitative estimate of drug-likeness (QED) is 0.218. The van der Waals surface area contributed by atoms with Crippen LogP contribution in [-0.4, -0.2) is 35.9 Å². The van der Waals surface area contributed by atoms with Gasteiger partial charge in [0.25, 0.3) is 0 Å². The summed E-state index contributed by atoms with van der Waals surface area (Å²) in [6.07, 6.45) is 0.0891. The molecule has 0 aliphatic rings. The summed E-state index contributed by atoms with van der Waals surface area (Å²) in [4.78, 5) is 46.4. The molecule has 0 saturated carbocycles. The van der Waals surface area contributed by atoms with E-state index in [4.69, 9.17) is 15.9 Å². The largest absolute Gasteiger partial charge is 0.482 e. The molecule has 0 aliphatic heterocycles. The van der Waals surface area contributed by atoms with E-state index in [1.165, 1.54) is 24.3 Å². The molecule has 0 aliphatic carbocycles. The summed E-state index contributed by atoms with van der Waals surface area (Å²) in [5.41, 5.74) is 6.75. The zero-order valence-electron chi connectivity index (χ0n) is 15.8. The Bertz CT molecular complexity index is 933. The lowest BCUT2D eigenvalue weighted by Crippen LogP contribution is -2.17. The van der Waals surface area contributed by atoms with Crippen molar-refractivity contribution in [3.63, 3.8) is 0 Å². The van der Waals surface area contributed by atoms with Crippen molar-refractivity contribution in [2.75, 3.05) is 6.61 Å². The Morgan fingerprint density at radius 2 is 1.28 bits per heavy atom. The Morgan fingerprint density at radius 1 is 0.828 bits per heavy atom. The van der Waals surface area contributed by atoms with Crippen molar-refractivity contribution in [1.29, 1.82) is 5.41 Å². The zero-order chi connectivity index (χ0) is 21.4. The molecule has 2 aromatic carbocycles. The van der Waals surface area contributed by atoms with Gasteiger partial charge in [-0.05, 0) is 24.3 Å². The molecule has 0 amide bonds. The van der Waals surface area contributed by atoms with Crippen LogP contribution in [0.15, 0.2) is 48.5 Å². The van der Waals surface area contributed by atoms with E-state index in [1.54, 1.807) is 24.3 Å². The first kappa shape index (κ1) is 21.5. The summed E-state index contributed by atoms with van der Waals surface area (Å²) in [5.74, 6) is -1.67. The Morgan fingerprint density at radius 3 is 1.72 bits per heavy atom. The number of esters is 2. The number of amidine groups is 1. The predicted octanol–water partition coefficient (Wildman–Crippen LogP) is 2.28. The number of nitrogens with one attached hydrogen (secondary N) is 1. The molecule has 150 valence electrons. The molecule has 0 spiro atoms. The van der Waals surface area contributed by atoms with Gasteiger partial charge in [0.2, 0.25) is 0 Å². The van der Waals surface area contributed by atoms with Crippen LogP contribution in [0.5, 0.6) is 5.75 Å². The van der Waals surface area contributed by atoms with Crippen LogP contribution in [-0.2, 0) is 14.3 Å². The number of ketones is 2. The summed E-state index contributed by atoms with van der Waals surface area (Å²) in [7, 11) is 0. The SMILES string of the molecule is CC(=O)OC(=O)COc1ccc(C(=O)CCC(=O)c2ccc(C(=N)N)cc2)cc1. The van der Waals surface area contributed by atoms with Crippen molar-refractivity contribution in [3.05, 3.63) is 65.2 Å². The van der Waals surface area contributed by atoms with Crippen LogP contribution in [0.1, 0.15) is 46.0 Å². The van der Waals surface area contributed by atoms with Crippen LogP contribution < -0.4 is 10.5 Å². The minimum Gasteiger partial charge on any atom is -0.482 e. The molecular formula is C21H20N2O6. The van der Waals surface area contributed by atoms with Crippen molar-refractivity contribution < 1.29 is 28.7 Å². The van der Waals surface area contributed by atoms with Crippen LogP contribution in [0.4, 0.5) is 0 Å². The number of hydrogen-bond donors (Lipinski definition) is 2. The molecular weight excluding hydrogens is 376 g/mol.